The summed E-state index contributed by atoms with van der Waals surface area (Å²) < 4.78 is 0. The third-order valence-electron chi connectivity index (χ3n) is 6.88. The molecule has 2 heterocycles. The first-order valence-corrected chi connectivity index (χ1v) is 10.9. The number of amides is 1. The minimum absolute atomic E-state index is 0.225. The van der Waals surface area contributed by atoms with Gasteiger partial charge in [-0.25, -0.2) is 0 Å². The number of hydrogen-bond acceptors (Lipinski definition) is 4. The van der Waals surface area contributed by atoms with Crippen molar-refractivity contribution in [1.29, 1.82) is 0 Å². The van der Waals surface area contributed by atoms with Crippen molar-refractivity contribution in [3.63, 3.8) is 0 Å². The number of hydrogen-bond donors (Lipinski definition) is 2. The molecule has 0 radical (unpaired) electrons. The van der Waals surface area contributed by atoms with Crippen molar-refractivity contribution in [3.8, 4) is 0 Å². The van der Waals surface area contributed by atoms with Crippen molar-refractivity contribution < 1.29 is 9.90 Å². The average molecular weight is 401 g/mol. The number of H-pyrrole nitrogens is 1. The predicted octanol–water partition coefficient (Wildman–Crippen LogP) is 3.51. The lowest BCUT2D eigenvalue weighted by Crippen LogP contribution is -2.46. The molecule has 0 aliphatic carbocycles. The molecule has 0 bridgehead atoms. The van der Waals surface area contributed by atoms with E-state index in [0.717, 1.165) is 61.1 Å². The molecule has 0 saturated carbocycles. The lowest BCUT2D eigenvalue weighted by atomic mass is 9.68. The Morgan fingerprint density at radius 3 is 2.59 bits per heavy atom. The molecule has 1 fully saturated rings. The molecule has 1 aromatic carbocycles. The Bertz CT molecular complexity index is 833. The number of likely N-dealkylation sites (tertiary alicyclic amines) is 1. The zero-order valence-electron chi connectivity index (χ0n) is 18.5. The highest BCUT2D eigenvalue weighted by Gasteiger charge is 2.40. The summed E-state index contributed by atoms with van der Waals surface area (Å²) >= 11 is 0. The number of aliphatic hydroxyl groups excluding tert-OH is 1. The van der Waals surface area contributed by atoms with Crippen molar-refractivity contribution in [2.45, 2.75) is 53.6 Å². The van der Waals surface area contributed by atoms with Gasteiger partial charge >= 0.3 is 0 Å². The molecule has 0 spiro atoms. The number of aliphatic hydroxyl groups is 1. The molecule has 29 heavy (non-hydrogen) atoms. The molecule has 1 saturated heterocycles. The number of piperidine rings is 1. The maximum atomic E-state index is 12.6. The van der Waals surface area contributed by atoms with Gasteiger partial charge in [-0.3, -0.25) is 14.8 Å². The number of aromatic amines is 1. The van der Waals surface area contributed by atoms with Gasteiger partial charge in [0.05, 0.1) is 24.4 Å². The summed E-state index contributed by atoms with van der Waals surface area (Å²) in [7, 11) is 0. The molecular formula is C23H36N4O2. The lowest BCUT2D eigenvalue weighted by molar-refractivity contribution is -0.135. The quantitative estimate of drug-likeness (QED) is 0.746. The number of carbonyl (C=O) groups is 1. The summed E-state index contributed by atoms with van der Waals surface area (Å²) in [6.07, 6.45) is 3.07. The Morgan fingerprint density at radius 1 is 1.31 bits per heavy atom. The standard InChI is InChI=1S/C23H36N4O2/c1-6-26(7-2)15-20(28)27-10-8-18(9-11-27)23(4,5)22(29)19-13-16(3)12-17-14-24-25-21(17)19/h12-14,18,22,29H,6-11,15H2,1-5H3,(H,24,25)/t22-/m1/s1. The molecule has 160 valence electrons. The van der Waals surface area contributed by atoms with Crippen molar-refractivity contribution in [2.24, 2.45) is 11.3 Å². The Balaban J connectivity index is 1.69. The van der Waals surface area contributed by atoms with Gasteiger partial charge in [-0.2, -0.15) is 5.10 Å². The number of rotatable bonds is 7. The van der Waals surface area contributed by atoms with Gasteiger partial charge in [0.25, 0.3) is 0 Å². The summed E-state index contributed by atoms with van der Waals surface area (Å²) in [6.45, 7) is 14.4. The van der Waals surface area contributed by atoms with E-state index in [1.165, 1.54) is 0 Å². The zero-order chi connectivity index (χ0) is 21.2. The largest absolute Gasteiger partial charge is 0.388 e. The minimum Gasteiger partial charge on any atom is -0.388 e. The van der Waals surface area contributed by atoms with Crippen LogP contribution in [0, 0.1) is 18.3 Å². The number of nitrogens with zero attached hydrogens (tertiary/aromatic N) is 3. The Hall–Kier alpha value is -1.92. The third kappa shape index (κ3) is 4.48. The molecule has 6 nitrogen and oxygen atoms in total. The summed E-state index contributed by atoms with van der Waals surface area (Å²) in [4.78, 5) is 16.8. The normalized spacial score (nSPS) is 17.3. The highest BCUT2D eigenvalue weighted by atomic mass is 16.3. The van der Waals surface area contributed by atoms with Gasteiger partial charge in [0, 0.05) is 24.0 Å². The van der Waals surface area contributed by atoms with Crippen LogP contribution < -0.4 is 0 Å². The van der Waals surface area contributed by atoms with Gasteiger partial charge in [0.15, 0.2) is 0 Å². The zero-order valence-corrected chi connectivity index (χ0v) is 18.5. The fraction of sp³-hybridized carbons (Fsp3) is 0.652. The number of aryl methyl sites for hydroxylation is 1. The summed E-state index contributed by atoms with van der Waals surface area (Å²) in [6, 6.07) is 4.15. The van der Waals surface area contributed by atoms with E-state index in [-0.39, 0.29) is 11.3 Å². The predicted molar refractivity (Wildman–Crippen MR) is 117 cm³/mol. The number of benzene rings is 1. The Morgan fingerprint density at radius 2 is 1.97 bits per heavy atom. The Kier molecular flexibility index (Phi) is 6.64. The van der Waals surface area contributed by atoms with Crippen LogP contribution in [-0.2, 0) is 4.79 Å². The first-order valence-electron chi connectivity index (χ1n) is 10.9. The maximum absolute atomic E-state index is 12.6. The molecule has 1 aliphatic rings. The van der Waals surface area contributed by atoms with Crippen LogP contribution in [0.5, 0.6) is 0 Å². The first-order chi connectivity index (χ1) is 13.8. The summed E-state index contributed by atoms with van der Waals surface area (Å²) in [5.41, 5.74) is 2.67. The topological polar surface area (TPSA) is 72.5 Å². The molecule has 2 N–H and O–H groups in total. The van der Waals surface area contributed by atoms with Crippen LogP contribution in [0.1, 0.15) is 57.8 Å². The second-order valence-electron chi connectivity index (χ2n) is 9.03. The number of likely N-dealkylation sites (N-methyl/N-ethyl adjacent to an activating group) is 1. The average Bonchev–Trinajstić information content (AvgIpc) is 3.19. The maximum Gasteiger partial charge on any atom is 0.236 e. The van der Waals surface area contributed by atoms with Crippen LogP contribution in [0.25, 0.3) is 10.9 Å². The van der Waals surface area contributed by atoms with Gasteiger partial charge in [-0.15, -0.1) is 0 Å². The van der Waals surface area contributed by atoms with E-state index < -0.39 is 6.10 Å². The van der Waals surface area contributed by atoms with Gasteiger partial charge in [0.2, 0.25) is 5.91 Å². The minimum atomic E-state index is -0.590. The van der Waals surface area contributed by atoms with Crippen molar-refractivity contribution in [1.82, 2.24) is 20.0 Å². The molecule has 1 atom stereocenters. The van der Waals surface area contributed by atoms with Crippen LogP contribution in [0.3, 0.4) is 0 Å². The monoisotopic (exact) mass is 400 g/mol. The highest BCUT2D eigenvalue weighted by molar-refractivity contribution is 5.82. The molecule has 6 heteroatoms. The fourth-order valence-electron chi connectivity index (χ4n) is 4.69. The van der Waals surface area contributed by atoms with E-state index in [2.05, 4.69) is 61.8 Å². The third-order valence-corrected chi connectivity index (χ3v) is 6.88. The van der Waals surface area contributed by atoms with Crippen LogP contribution in [-0.4, -0.2) is 63.7 Å². The van der Waals surface area contributed by atoms with Gasteiger partial charge in [-0.1, -0.05) is 33.8 Å². The van der Waals surface area contributed by atoms with E-state index in [0.29, 0.717) is 12.5 Å². The summed E-state index contributed by atoms with van der Waals surface area (Å²) in [5.74, 6) is 0.580. The molecule has 0 unspecified atom stereocenters. The van der Waals surface area contributed by atoms with Crippen molar-refractivity contribution in [2.75, 3.05) is 32.7 Å². The van der Waals surface area contributed by atoms with Gasteiger partial charge in [-0.05, 0) is 55.8 Å². The number of nitrogens with one attached hydrogen (secondary N) is 1. The number of fused-ring (bicyclic) bond motifs is 1. The van der Waals surface area contributed by atoms with Crippen LogP contribution in [0.15, 0.2) is 18.3 Å². The van der Waals surface area contributed by atoms with Gasteiger partial charge in [0.1, 0.15) is 0 Å². The van der Waals surface area contributed by atoms with E-state index in [9.17, 15) is 9.90 Å². The van der Waals surface area contributed by atoms with Crippen LogP contribution in [0.2, 0.25) is 0 Å². The summed E-state index contributed by atoms with van der Waals surface area (Å²) in [5, 5.41) is 19.6. The van der Waals surface area contributed by atoms with Gasteiger partial charge < -0.3 is 10.0 Å². The number of aromatic nitrogens is 2. The van der Waals surface area contributed by atoms with E-state index >= 15 is 0 Å². The van der Waals surface area contributed by atoms with Crippen LogP contribution >= 0.6 is 0 Å². The van der Waals surface area contributed by atoms with E-state index in [1.54, 1.807) is 0 Å². The molecular weight excluding hydrogens is 364 g/mol. The number of carbonyl (C=O) groups excluding carboxylic acids is 1. The first kappa shape index (κ1) is 21.8. The SMILES string of the molecule is CCN(CC)CC(=O)N1CCC(C(C)(C)[C@H](O)c2cc(C)cc3cn[nH]c23)CC1. The smallest absolute Gasteiger partial charge is 0.236 e. The van der Waals surface area contributed by atoms with Crippen molar-refractivity contribution in [3.05, 3.63) is 29.5 Å². The van der Waals surface area contributed by atoms with E-state index in [4.69, 9.17) is 0 Å². The second-order valence-corrected chi connectivity index (χ2v) is 9.03. The second kappa shape index (κ2) is 8.84. The van der Waals surface area contributed by atoms with Crippen molar-refractivity contribution >= 4 is 16.8 Å². The Labute approximate surface area is 174 Å². The lowest BCUT2D eigenvalue weighted by Gasteiger charge is -2.43. The molecule has 1 aliphatic heterocycles. The highest BCUT2D eigenvalue weighted by Crippen LogP contribution is 2.46. The molecule has 1 amide bonds. The molecule has 1 aromatic heterocycles. The fourth-order valence-corrected chi connectivity index (χ4v) is 4.69. The van der Waals surface area contributed by atoms with Crippen LogP contribution in [0.4, 0.5) is 0 Å². The molecule has 3 rings (SSSR count). The van der Waals surface area contributed by atoms with E-state index in [1.807, 2.05) is 11.1 Å². The molecule has 2 aromatic rings.